The Kier molecular flexibility index (Phi) is 8.72. The third-order valence-electron chi connectivity index (χ3n) is 4.12. The monoisotopic (exact) mass is 326 g/mol. The van der Waals surface area contributed by atoms with E-state index in [1.54, 1.807) is 12.1 Å². The number of hydrogen-bond donors (Lipinski definition) is 1. The highest BCUT2D eigenvalue weighted by atomic mass is 32.2. The van der Waals surface area contributed by atoms with E-state index in [1.165, 1.54) is 51.0 Å². The summed E-state index contributed by atoms with van der Waals surface area (Å²) in [6.07, 6.45) is 10.8. The van der Waals surface area contributed by atoms with Gasteiger partial charge in [-0.2, -0.15) is 8.42 Å². The van der Waals surface area contributed by atoms with Gasteiger partial charge in [-0.15, -0.1) is 0 Å². The van der Waals surface area contributed by atoms with Gasteiger partial charge in [0, 0.05) is 0 Å². The minimum atomic E-state index is -4.12. The molecule has 0 aliphatic carbocycles. The molecule has 0 fully saturated rings. The Bertz CT molecular complexity index is 523. The van der Waals surface area contributed by atoms with Crippen molar-refractivity contribution in [3.05, 3.63) is 29.8 Å². The summed E-state index contributed by atoms with van der Waals surface area (Å²) < 4.78 is 32.0. The van der Waals surface area contributed by atoms with Crippen LogP contribution in [0, 0.1) is 5.92 Å². The molecule has 1 unspecified atom stereocenters. The molecule has 0 bridgehead atoms. The lowest BCUT2D eigenvalue weighted by atomic mass is 9.95. The SMILES string of the molecule is CCCCCCCCCC(C)Cc1ccccc1S(=O)(=O)O. The summed E-state index contributed by atoms with van der Waals surface area (Å²) in [6, 6.07) is 6.74. The molecule has 1 atom stereocenters. The molecule has 126 valence electrons. The molecule has 1 rings (SSSR count). The van der Waals surface area contributed by atoms with Crippen LogP contribution in [0.4, 0.5) is 0 Å². The van der Waals surface area contributed by atoms with Gasteiger partial charge in [-0.25, -0.2) is 0 Å². The van der Waals surface area contributed by atoms with E-state index >= 15 is 0 Å². The second-order valence-corrected chi connectivity index (χ2v) is 7.69. The van der Waals surface area contributed by atoms with Crippen molar-refractivity contribution >= 4 is 10.1 Å². The molecule has 0 heterocycles. The molecule has 1 aromatic rings. The summed E-state index contributed by atoms with van der Waals surface area (Å²) in [4.78, 5) is 0.0569. The molecule has 0 aliphatic heterocycles. The fourth-order valence-electron chi connectivity index (χ4n) is 2.85. The molecular weight excluding hydrogens is 296 g/mol. The first-order chi connectivity index (χ1) is 10.4. The van der Waals surface area contributed by atoms with Crippen LogP contribution in [0.25, 0.3) is 0 Å². The lowest BCUT2D eigenvalue weighted by molar-refractivity contribution is 0.468. The van der Waals surface area contributed by atoms with Crippen molar-refractivity contribution in [1.29, 1.82) is 0 Å². The van der Waals surface area contributed by atoms with Crippen molar-refractivity contribution < 1.29 is 13.0 Å². The van der Waals surface area contributed by atoms with Gasteiger partial charge in [-0.3, -0.25) is 4.55 Å². The first-order valence-corrected chi connectivity index (χ1v) is 9.94. The van der Waals surface area contributed by atoms with Gasteiger partial charge in [0.2, 0.25) is 0 Å². The summed E-state index contributed by atoms with van der Waals surface area (Å²) in [7, 11) is -4.12. The van der Waals surface area contributed by atoms with Crippen LogP contribution in [0.3, 0.4) is 0 Å². The number of benzene rings is 1. The summed E-state index contributed by atoms with van der Waals surface area (Å²) in [5.74, 6) is 0.429. The maximum atomic E-state index is 11.4. The third-order valence-corrected chi connectivity index (χ3v) is 5.07. The first-order valence-electron chi connectivity index (χ1n) is 8.50. The smallest absolute Gasteiger partial charge is 0.282 e. The topological polar surface area (TPSA) is 54.4 Å². The van der Waals surface area contributed by atoms with Gasteiger partial charge in [-0.05, 0) is 24.0 Å². The van der Waals surface area contributed by atoms with Gasteiger partial charge in [0.1, 0.15) is 0 Å². The van der Waals surface area contributed by atoms with Crippen molar-refractivity contribution in [3.8, 4) is 0 Å². The Morgan fingerprint density at radius 2 is 1.59 bits per heavy atom. The highest BCUT2D eigenvalue weighted by molar-refractivity contribution is 7.85. The number of hydrogen-bond acceptors (Lipinski definition) is 2. The molecule has 1 N–H and O–H groups in total. The van der Waals surface area contributed by atoms with Crippen molar-refractivity contribution in [3.63, 3.8) is 0 Å². The maximum Gasteiger partial charge on any atom is 0.294 e. The van der Waals surface area contributed by atoms with Gasteiger partial charge in [-0.1, -0.05) is 83.4 Å². The number of unbranched alkanes of at least 4 members (excludes halogenated alkanes) is 6. The summed E-state index contributed by atoms with van der Waals surface area (Å²) in [5, 5.41) is 0. The van der Waals surface area contributed by atoms with Crippen molar-refractivity contribution in [2.75, 3.05) is 0 Å². The summed E-state index contributed by atoms with van der Waals surface area (Å²) >= 11 is 0. The van der Waals surface area contributed by atoms with Crippen LogP contribution in [0.1, 0.15) is 70.8 Å². The third kappa shape index (κ3) is 7.41. The Morgan fingerprint density at radius 1 is 1.00 bits per heavy atom. The largest absolute Gasteiger partial charge is 0.294 e. The Hall–Kier alpha value is -0.870. The zero-order chi connectivity index (χ0) is 16.4. The van der Waals surface area contributed by atoms with Crippen LogP contribution >= 0.6 is 0 Å². The highest BCUT2D eigenvalue weighted by Gasteiger charge is 2.16. The van der Waals surface area contributed by atoms with Crippen LogP contribution in [-0.2, 0) is 16.5 Å². The summed E-state index contributed by atoms with van der Waals surface area (Å²) in [6.45, 7) is 4.38. The first kappa shape index (κ1) is 19.2. The Morgan fingerprint density at radius 3 is 2.23 bits per heavy atom. The van der Waals surface area contributed by atoms with Crippen molar-refractivity contribution in [2.24, 2.45) is 5.92 Å². The predicted octanol–water partition coefficient (Wildman–Crippen LogP) is 5.25. The molecular formula is C18H30O3S. The fraction of sp³-hybridized carbons (Fsp3) is 0.667. The van der Waals surface area contributed by atoms with Gasteiger partial charge < -0.3 is 0 Å². The van der Waals surface area contributed by atoms with Crippen LogP contribution in [-0.4, -0.2) is 13.0 Å². The van der Waals surface area contributed by atoms with E-state index in [0.29, 0.717) is 12.3 Å². The van der Waals surface area contributed by atoms with E-state index in [2.05, 4.69) is 13.8 Å². The quantitative estimate of drug-likeness (QED) is 0.446. The van der Waals surface area contributed by atoms with Crippen LogP contribution < -0.4 is 0 Å². The summed E-state index contributed by atoms with van der Waals surface area (Å²) in [5.41, 5.74) is 0.723. The molecule has 22 heavy (non-hydrogen) atoms. The predicted molar refractivity (Wildman–Crippen MR) is 91.7 cm³/mol. The van der Waals surface area contributed by atoms with Crippen LogP contribution in [0.2, 0.25) is 0 Å². The number of rotatable bonds is 11. The maximum absolute atomic E-state index is 11.4. The van der Waals surface area contributed by atoms with E-state index in [0.717, 1.165) is 12.0 Å². The molecule has 0 saturated carbocycles. The molecule has 0 spiro atoms. The van der Waals surface area contributed by atoms with E-state index in [9.17, 15) is 13.0 Å². The lowest BCUT2D eigenvalue weighted by Gasteiger charge is -2.13. The van der Waals surface area contributed by atoms with E-state index in [-0.39, 0.29) is 4.90 Å². The van der Waals surface area contributed by atoms with Gasteiger partial charge >= 0.3 is 0 Å². The van der Waals surface area contributed by atoms with Gasteiger partial charge in [0.25, 0.3) is 10.1 Å². The molecule has 3 nitrogen and oxygen atoms in total. The lowest BCUT2D eigenvalue weighted by Crippen LogP contribution is -2.07. The Labute approximate surface area is 135 Å². The highest BCUT2D eigenvalue weighted by Crippen LogP contribution is 2.21. The van der Waals surface area contributed by atoms with E-state index < -0.39 is 10.1 Å². The molecule has 0 radical (unpaired) electrons. The Balaban J connectivity index is 2.35. The van der Waals surface area contributed by atoms with E-state index in [4.69, 9.17) is 0 Å². The normalized spacial score (nSPS) is 13.2. The van der Waals surface area contributed by atoms with Crippen LogP contribution in [0.5, 0.6) is 0 Å². The molecule has 1 aromatic carbocycles. The molecule has 0 aliphatic rings. The molecule has 0 aromatic heterocycles. The van der Waals surface area contributed by atoms with Crippen LogP contribution in [0.15, 0.2) is 29.2 Å². The van der Waals surface area contributed by atoms with Crippen molar-refractivity contribution in [2.45, 2.75) is 76.5 Å². The zero-order valence-electron chi connectivity index (χ0n) is 13.9. The van der Waals surface area contributed by atoms with Gasteiger partial charge in [0.05, 0.1) is 4.90 Å². The molecule has 0 amide bonds. The zero-order valence-corrected chi connectivity index (χ0v) is 14.7. The molecule has 4 heteroatoms. The average Bonchev–Trinajstić information content (AvgIpc) is 2.46. The molecule has 0 saturated heterocycles. The standard InChI is InChI=1S/C18H30O3S/c1-3-4-5-6-7-8-9-12-16(2)15-17-13-10-11-14-18(17)22(19,20)21/h10-11,13-14,16H,3-9,12,15H2,1-2H3,(H,19,20,21). The second kappa shape index (κ2) is 10.0. The minimum Gasteiger partial charge on any atom is -0.282 e. The second-order valence-electron chi connectivity index (χ2n) is 6.30. The van der Waals surface area contributed by atoms with Crippen molar-refractivity contribution in [1.82, 2.24) is 0 Å². The minimum absolute atomic E-state index is 0.0569. The average molecular weight is 327 g/mol. The van der Waals surface area contributed by atoms with Gasteiger partial charge in [0.15, 0.2) is 0 Å². The fourth-order valence-corrected chi connectivity index (χ4v) is 3.58. The van der Waals surface area contributed by atoms with E-state index in [1.807, 2.05) is 6.07 Å².